The summed E-state index contributed by atoms with van der Waals surface area (Å²) in [5, 5.41) is 0. The standard InChI is InChI=1S/Fe.2HO2Si/c;2*1-3-2/h;2*3H/q+2;2*-1. The second kappa shape index (κ2) is 35.2. The van der Waals surface area contributed by atoms with Crippen LogP contribution in [0.3, 0.4) is 0 Å². The molecule has 7 heavy (non-hydrogen) atoms. The van der Waals surface area contributed by atoms with E-state index in [-0.39, 0.29) is 17.1 Å². The van der Waals surface area contributed by atoms with Crippen molar-refractivity contribution in [3.63, 3.8) is 0 Å². The second-order valence-corrected chi connectivity index (χ2v) is 0.577. The maximum absolute atomic E-state index is 8.46. The Morgan fingerprint density at radius 1 is 1.00 bits per heavy atom. The summed E-state index contributed by atoms with van der Waals surface area (Å²) in [6.45, 7) is 0. The van der Waals surface area contributed by atoms with E-state index in [1.165, 1.54) is 0 Å². The maximum Gasteiger partial charge on any atom is 2.00 e. The van der Waals surface area contributed by atoms with Crippen LogP contribution in [0.4, 0.5) is 0 Å². The van der Waals surface area contributed by atoms with Crippen LogP contribution in [0.2, 0.25) is 0 Å². The molecule has 0 radical (unpaired) electrons. The molecule has 0 amide bonds. The molecule has 0 rings (SSSR count). The van der Waals surface area contributed by atoms with Crippen LogP contribution in [0.5, 0.6) is 0 Å². The zero-order valence-electron chi connectivity index (χ0n) is 3.14. The molecule has 0 bridgehead atoms. The minimum absolute atomic E-state index is 0. The van der Waals surface area contributed by atoms with Crippen LogP contribution >= 0.6 is 0 Å². The number of hydrogen-bond donors (Lipinski definition) is 0. The summed E-state index contributed by atoms with van der Waals surface area (Å²) in [5.74, 6) is 0. The molecule has 0 aliphatic carbocycles. The molecule has 0 aliphatic heterocycles. The van der Waals surface area contributed by atoms with Gasteiger partial charge in [0.05, 0.1) is 0 Å². The van der Waals surface area contributed by atoms with Crippen LogP contribution in [-0.4, -0.2) is 19.3 Å². The molecule has 42 valence electrons. The normalized spacial score (nSPS) is 3.43. The SMILES string of the molecule is O=[SiH][O-].O=[SiH][O-].[Fe+2]. The molecule has 0 fully saturated rings. The Kier molecular flexibility index (Phi) is 79.1. The third-order valence-corrected chi connectivity index (χ3v) is 0. The summed E-state index contributed by atoms with van der Waals surface area (Å²) in [6.07, 6.45) is 0. The fraction of sp³-hybridized carbons (Fsp3) is 0. The summed E-state index contributed by atoms with van der Waals surface area (Å²) in [6, 6.07) is 0. The smallest absolute Gasteiger partial charge is 0.591 e. The van der Waals surface area contributed by atoms with Crippen LogP contribution in [0.15, 0.2) is 0 Å². The fourth-order valence-corrected chi connectivity index (χ4v) is 0. The quantitative estimate of drug-likeness (QED) is 0.355. The van der Waals surface area contributed by atoms with Gasteiger partial charge in [-0.3, -0.25) is 0 Å². The Balaban J connectivity index is -0.0000000400. The summed E-state index contributed by atoms with van der Waals surface area (Å²) in [5.41, 5.74) is 0. The van der Waals surface area contributed by atoms with Gasteiger partial charge >= 0.3 is 17.1 Å². The van der Waals surface area contributed by atoms with E-state index in [1.54, 1.807) is 0 Å². The van der Waals surface area contributed by atoms with Gasteiger partial charge in [-0.25, -0.2) is 0 Å². The van der Waals surface area contributed by atoms with E-state index in [0.717, 1.165) is 0 Å². The molecule has 0 aromatic carbocycles. The summed E-state index contributed by atoms with van der Waals surface area (Å²) in [7, 11) is -3.50. The molecule has 0 saturated heterocycles. The third kappa shape index (κ3) is 4520. The van der Waals surface area contributed by atoms with Crippen LogP contribution in [0.25, 0.3) is 0 Å². The number of rotatable bonds is 0. The van der Waals surface area contributed by atoms with E-state index < -0.39 is 19.3 Å². The molecule has 7 heteroatoms. The Morgan fingerprint density at radius 2 is 1.00 bits per heavy atom. The molecule has 0 aromatic rings. The summed E-state index contributed by atoms with van der Waals surface area (Å²) in [4.78, 5) is 16.9. The van der Waals surface area contributed by atoms with Crippen molar-refractivity contribution in [1.82, 2.24) is 0 Å². The number of hydrogen-bond acceptors (Lipinski definition) is 4. The molecule has 0 aromatic heterocycles. The van der Waals surface area contributed by atoms with E-state index in [2.05, 4.69) is 0 Å². The van der Waals surface area contributed by atoms with Gasteiger partial charge in [0.1, 0.15) is 19.3 Å². The Labute approximate surface area is 55.4 Å². The second-order valence-electron chi connectivity index (χ2n) is 0.192. The molecule has 0 spiro atoms. The molecule has 0 atom stereocenters. The average Bonchev–Trinajstić information content (AvgIpc) is 1.39. The monoisotopic (exact) mass is 178 g/mol. The zero-order chi connectivity index (χ0) is 5.41. The van der Waals surface area contributed by atoms with Crippen molar-refractivity contribution in [2.45, 2.75) is 0 Å². The van der Waals surface area contributed by atoms with E-state index in [9.17, 15) is 0 Å². The van der Waals surface area contributed by atoms with Crippen LogP contribution in [-0.2, 0) is 26.0 Å². The summed E-state index contributed by atoms with van der Waals surface area (Å²) < 4.78 is 16.9. The Bertz CT molecular complexity index is 30.7. The van der Waals surface area contributed by atoms with E-state index in [4.69, 9.17) is 18.5 Å². The fourth-order valence-electron chi connectivity index (χ4n) is 0. The molecule has 0 aliphatic rings. The Morgan fingerprint density at radius 3 is 1.00 bits per heavy atom. The van der Waals surface area contributed by atoms with E-state index in [0.29, 0.717) is 0 Å². The van der Waals surface area contributed by atoms with Gasteiger partial charge in [-0.1, -0.05) is 0 Å². The van der Waals surface area contributed by atoms with Crippen LogP contribution < -0.4 is 9.59 Å². The first-order valence-electron chi connectivity index (χ1n) is 0.943. The van der Waals surface area contributed by atoms with Crippen molar-refractivity contribution in [3.8, 4) is 0 Å². The van der Waals surface area contributed by atoms with Gasteiger partial charge in [-0.2, -0.15) is 0 Å². The third-order valence-electron chi connectivity index (χ3n) is 0. The summed E-state index contributed by atoms with van der Waals surface area (Å²) >= 11 is 0. The minimum Gasteiger partial charge on any atom is -0.591 e. The zero-order valence-corrected chi connectivity index (χ0v) is 6.55. The molecular formula is H2FeO4Si2. The van der Waals surface area contributed by atoms with Gasteiger partial charge < -0.3 is 18.5 Å². The van der Waals surface area contributed by atoms with Crippen molar-refractivity contribution in [3.05, 3.63) is 0 Å². The molecule has 0 heterocycles. The first kappa shape index (κ1) is 15.7. The van der Waals surface area contributed by atoms with E-state index in [1.807, 2.05) is 0 Å². The first-order valence-corrected chi connectivity index (χ1v) is 2.83. The van der Waals surface area contributed by atoms with Gasteiger partial charge in [-0.05, 0) is 0 Å². The molecular weight excluding hydrogens is 176 g/mol. The maximum atomic E-state index is 8.46. The molecule has 0 unspecified atom stereocenters. The molecule has 0 saturated carbocycles. The van der Waals surface area contributed by atoms with E-state index >= 15 is 0 Å². The first-order chi connectivity index (χ1) is 2.83. The van der Waals surface area contributed by atoms with Gasteiger partial charge in [0, 0.05) is 0 Å². The van der Waals surface area contributed by atoms with Crippen LogP contribution in [0.1, 0.15) is 0 Å². The van der Waals surface area contributed by atoms with Crippen molar-refractivity contribution in [2.24, 2.45) is 0 Å². The van der Waals surface area contributed by atoms with Gasteiger partial charge in [0.2, 0.25) is 0 Å². The predicted molar refractivity (Wildman–Crippen MR) is 15.7 cm³/mol. The van der Waals surface area contributed by atoms with Crippen molar-refractivity contribution in [1.29, 1.82) is 0 Å². The average molecular weight is 178 g/mol. The van der Waals surface area contributed by atoms with Crippen molar-refractivity contribution >= 4 is 19.3 Å². The topological polar surface area (TPSA) is 80.3 Å². The Hall–Kier alpha value is 0.153. The molecule has 0 N–H and O–H groups in total. The van der Waals surface area contributed by atoms with Crippen molar-refractivity contribution < 1.29 is 35.6 Å². The van der Waals surface area contributed by atoms with Gasteiger partial charge in [0.15, 0.2) is 0 Å². The largest absolute Gasteiger partial charge is 2.00 e. The predicted octanol–water partition coefficient (Wildman–Crippen LogP) is -3.92. The van der Waals surface area contributed by atoms with Gasteiger partial charge in [-0.15, -0.1) is 0 Å². The van der Waals surface area contributed by atoms with Gasteiger partial charge in [0.25, 0.3) is 0 Å². The van der Waals surface area contributed by atoms with Crippen molar-refractivity contribution in [2.75, 3.05) is 0 Å². The molecule has 4 nitrogen and oxygen atoms in total. The van der Waals surface area contributed by atoms with Crippen LogP contribution in [0, 0.1) is 0 Å². The minimum atomic E-state index is -1.75.